The molecule has 2 fully saturated rings. The summed E-state index contributed by atoms with van der Waals surface area (Å²) in [6.07, 6.45) is 7.22. The number of Topliss-reactive ketones (excluding diaryl/α,β-unsaturated/α-hetero) is 1. The van der Waals surface area contributed by atoms with E-state index in [0.717, 1.165) is 25.0 Å². The van der Waals surface area contributed by atoms with Gasteiger partial charge in [0.1, 0.15) is 0 Å². The van der Waals surface area contributed by atoms with Gasteiger partial charge in [-0.15, -0.1) is 0 Å². The van der Waals surface area contributed by atoms with E-state index < -0.39 is 0 Å². The normalized spacial score (nSPS) is 25.6. The molecule has 0 spiro atoms. The summed E-state index contributed by atoms with van der Waals surface area (Å²) in [5, 5.41) is 3.36. The Balaban J connectivity index is 1.41. The van der Waals surface area contributed by atoms with Crippen molar-refractivity contribution in [3.63, 3.8) is 0 Å². The molecule has 2 amide bonds. The van der Waals surface area contributed by atoms with Crippen LogP contribution in [-0.2, 0) is 16.0 Å². The monoisotopic (exact) mass is 389 g/mol. The molecule has 1 saturated heterocycles. The van der Waals surface area contributed by atoms with Crippen molar-refractivity contribution in [2.45, 2.75) is 71.3 Å². The minimum atomic E-state index is -0.326. The number of aromatic nitrogens is 1. The minimum Gasteiger partial charge on any atom is -0.339 e. The van der Waals surface area contributed by atoms with Crippen molar-refractivity contribution < 1.29 is 14.4 Å². The van der Waals surface area contributed by atoms with Crippen molar-refractivity contribution in [1.82, 2.24) is 9.88 Å². The van der Waals surface area contributed by atoms with Crippen LogP contribution < -0.4 is 5.32 Å². The van der Waals surface area contributed by atoms with Crippen LogP contribution in [0, 0.1) is 11.3 Å². The van der Waals surface area contributed by atoms with Crippen molar-refractivity contribution in [1.29, 1.82) is 0 Å². The van der Waals surface area contributed by atoms with Gasteiger partial charge in [0, 0.05) is 25.4 Å². The summed E-state index contributed by atoms with van der Waals surface area (Å²) in [5.41, 5.74) is 0.709. The molecule has 1 aromatic rings. The van der Waals surface area contributed by atoms with Gasteiger partial charge in [0.2, 0.25) is 11.8 Å². The summed E-state index contributed by atoms with van der Waals surface area (Å²) in [7, 11) is 0. The van der Waals surface area contributed by atoms with Crippen molar-refractivity contribution in [3.8, 4) is 0 Å². The molecule has 1 atom stereocenters. The van der Waals surface area contributed by atoms with Crippen LogP contribution in [0.1, 0.15) is 74.2 Å². The van der Waals surface area contributed by atoms with Crippen LogP contribution in [0.2, 0.25) is 0 Å². The van der Waals surface area contributed by atoms with Crippen LogP contribution in [0.15, 0.2) is 0 Å². The third kappa shape index (κ3) is 3.79. The lowest BCUT2D eigenvalue weighted by Gasteiger charge is -2.31. The number of likely N-dealkylation sites (tertiary alicyclic amines) is 1. The first-order chi connectivity index (χ1) is 12.8. The molecule has 7 heteroatoms. The molecule has 0 aromatic carbocycles. The van der Waals surface area contributed by atoms with Gasteiger partial charge < -0.3 is 10.2 Å². The maximum atomic E-state index is 12.7. The zero-order valence-corrected chi connectivity index (χ0v) is 16.9. The number of amides is 2. The van der Waals surface area contributed by atoms with Gasteiger partial charge in [-0.25, -0.2) is 4.98 Å². The molecule has 2 aliphatic carbocycles. The molecular weight excluding hydrogens is 362 g/mol. The van der Waals surface area contributed by atoms with Crippen LogP contribution in [0.3, 0.4) is 0 Å². The Morgan fingerprint density at radius 2 is 1.93 bits per heavy atom. The summed E-state index contributed by atoms with van der Waals surface area (Å²) in [4.78, 5) is 44.5. The Morgan fingerprint density at radius 3 is 2.67 bits per heavy atom. The average molecular weight is 390 g/mol. The molecule has 4 rings (SSSR count). The topological polar surface area (TPSA) is 79.4 Å². The fourth-order valence-corrected chi connectivity index (χ4v) is 5.56. The molecule has 1 N–H and O–H groups in total. The first-order valence-electron chi connectivity index (χ1n) is 9.96. The molecule has 1 unspecified atom stereocenters. The highest BCUT2D eigenvalue weighted by Crippen LogP contribution is 2.38. The molecular formula is C20H27N3O3S. The zero-order valence-electron chi connectivity index (χ0n) is 16.0. The molecule has 1 aromatic heterocycles. The predicted molar refractivity (Wildman–Crippen MR) is 104 cm³/mol. The summed E-state index contributed by atoms with van der Waals surface area (Å²) >= 11 is 1.27. The van der Waals surface area contributed by atoms with Gasteiger partial charge in [0.15, 0.2) is 10.9 Å². The molecule has 2 heterocycles. The summed E-state index contributed by atoms with van der Waals surface area (Å²) < 4.78 is 0. The van der Waals surface area contributed by atoms with Gasteiger partial charge in [0.25, 0.3) is 0 Å². The van der Waals surface area contributed by atoms with E-state index in [-0.39, 0.29) is 35.4 Å². The minimum absolute atomic E-state index is 0.0855. The summed E-state index contributed by atoms with van der Waals surface area (Å²) in [6, 6.07) is 0.302. The number of hydrogen-bond acceptors (Lipinski definition) is 5. The Bertz CT molecular complexity index is 779. The van der Waals surface area contributed by atoms with Gasteiger partial charge in [-0.3, -0.25) is 14.4 Å². The van der Waals surface area contributed by atoms with Crippen LogP contribution in [0.25, 0.3) is 0 Å². The lowest BCUT2D eigenvalue weighted by atomic mass is 9.78. The maximum Gasteiger partial charge on any atom is 0.231 e. The molecule has 6 nitrogen and oxygen atoms in total. The fourth-order valence-electron chi connectivity index (χ4n) is 4.63. The lowest BCUT2D eigenvalue weighted by Crippen LogP contribution is -2.38. The zero-order chi connectivity index (χ0) is 19.2. The van der Waals surface area contributed by atoms with Crippen molar-refractivity contribution in [2.24, 2.45) is 11.3 Å². The first kappa shape index (κ1) is 18.6. The van der Waals surface area contributed by atoms with Gasteiger partial charge in [-0.2, -0.15) is 0 Å². The first-order valence-corrected chi connectivity index (χ1v) is 10.8. The molecule has 146 valence electrons. The average Bonchev–Trinajstić information content (AvgIpc) is 3.18. The van der Waals surface area contributed by atoms with Gasteiger partial charge in [-0.05, 0) is 24.7 Å². The molecule has 1 saturated carbocycles. The van der Waals surface area contributed by atoms with E-state index in [9.17, 15) is 14.4 Å². The summed E-state index contributed by atoms with van der Waals surface area (Å²) in [5.74, 6) is -0.275. The van der Waals surface area contributed by atoms with E-state index in [0.29, 0.717) is 29.0 Å². The molecule has 1 aliphatic heterocycles. The number of thiazole rings is 1. The van der Waals surface area contributed by atoms with Gasteiger partial charge in [-0.1, -0.05) is 44.4 Å². The Morgan fingerprint density at radius 1 is 1.19 bits per heavy atom. The maximum absolute atomic E-state index is 12.7. The van der Waals surface area contributed by atoms with Crippen LogP contribution >= 0.6 is 11.3 Å². The lowest BCUT2D eigenvalue weighted by molar-refractivity contribution is -0.130. The van der Waals surface area contributed by atoms with Gasteiger partial charge in [0.05, 0.1) is 16.5 Å². The second-order valence-electron chi connectivity index (χ2n) is 8.96. The SMILES string of the molecule is CC1(C)CC(=O)c2sc(NC(=O)C3CC(=O)N(C4CCCCC4)C3)nc2C1. The highest BCUT2D eigenvalue weighted by atomic mass is 32.1. The van der Waals surface area contributed by atoms with E-state index >= 15 is 0 Å². The largest absolute Gasteiger partial charge is 0.339 e. The van der Waals surface area contributed by atoms with Crippen molar-refractivity contribution in [3.05, 3.63) is 10.6 Å². The summed E-state index contributed by atoms with van der Waals surface area (Å²) in [6.45, 7) is 4.64. The molecule has 0 bridgehead atoms. The highest BCUT2D eigenvalue weighted by molar-refractivity contribution is 7.17. The number of nitrogens with zero attached hydrogens (tertiary/aromatic N) is 2. The quantitative estimate of drug-likeness (QED) is 0.859. The van der Waals surface area contributed by atoms with E-state index in [4.69, 9.17) is 0 Å². The van der Waals surface area contributed by atoms with E-state index in [1.165, 1.54) is 30.6 Å². The number of carbonyl (C=O) groups excluding carboxylic acids is 3. The predicted octanol–water partition coefficient (Wildman–Crippen LogP) is 3.42. The number of rotatable bonds is 3. The Hall–Kier alpha value is -1.76. The van der Waals surface area contributed by atoms with E-state index in [1.807, 2.05) is 4.90 Å². The fraction of sp³-hybridized carbons (Fsp3) is 0.700. The van der Waals surface area contributed by atoms with Crippen molar-refractivity contribution in [2.75, 3.05) is 11.9 Å². The van der Waals surface area contributed by atoms with Crippen LogP contribution in [0.5, 0.6) is 0 Å². The number of nitrogens with one attached hydrogen (secondary N) is 1. The van der Waals surface area contributed by atoms with E-state index in [1.54, 1.807) is 0 Å². The van der Waals surface area contributed by atoms with Gasteiger partial charge >= 0.3 is 0 Å². The molecule has 27 heavy (non-hydrogen) atoms. The third-order valence-electron chi connectivity index (χ3n) is 6.01. The smallest absolute Gasteiger partial charge is 0.231 e. The number of anilines is 1. The second-order valence-corrected chi connectivity index (χ2v) is 9.96. The number of carbonyl (C=O) groups is 3. The number of fused-ring (bicyclic) bond motifs is 1. The Kier molecular flexibility index (Phi) is 4.82. The number of hydrogen-bond donors (Lipinski definition) is 1. The Labute approximate surface area is 163 Å². The van der Waals surface area contributed by atoms with E-state index in [2.05, 4.69) is 24.1 Å². The standard InChI is InChI=1S/C20H27N3O3S/c1-20(2)9-14-17(15(24)10-20)27-19(21-14)22-18(26)12-8-16(25)23(11-12)13-6-4-3-5-7-13/h12-13H,3-11H2,1-2H3,(H,21,22,26). The number of ketones is 1. The third-order valence-corrected chi connectivity index (χ3v) is 7.06. The van der Waals surface area contributed by atoms with Crippen LogP contribution in [-0.4, -0.2) is 40.1 Å². The highest BCUT2D eigenvalue weighted by Gasteiger charge is 2.39. The molecule has 0 radical (unpaired) electrons. The van der Waals surface area contributed by atoms with Crippen LogP contribution in [0.4, 0.5) is 5.13 Å². The second kappa shape index (κ2) is 7.00. The van der Waals surface area contributed by atoms with Crippen molar-refractivity contribution >= 4 is 34.1 Å². The molecule has 3 aliphatic rings.